The fourth-order valence-corrected chi connectivity index (χ4v) is 4.45. The predicted molar refractivity (Wildman–Crippen MR) is 119 cm³/mol. The molecular formula is C25H27N3O4. The third kappa shape index (κ3) is 4.46. The van der Waals surface area contributed by atoms with E-state index in [-0.39, 0.29) is 17.9 Å². The topological polar surface area (TPSA) is 91.7 Å². The monoisotopic (exact) mass is 433 g/mol. The summed E-state index contributed by atoms with van der Waals surface area (Å²) in [7, 11) is 1.50. The van der Waals surface area contributed by atoms with Crippen LogP contribution in [0.3, 0.4) is 0 Å². The van der Waals surface area contributed by atoms with E-state index in [0.29, 0.717) is 29.0 Å². The zero-order valence-electron chi connectivity index (χ0n) is 18.4. The number of carbonyl (C=O) groups excluding carboxylic acids is 2. The van der Waals surface area contributed by atoms with Crippen molar-refractivity contribution in [2.24, 2.45) is 0 Å². The number of hydrogen-bond donors (Lipinski definition) is 1. The number of benzene rings is 2. The first-order chi connectivity index (χ1) is 15.5. The molecule has 1 saturated heterocycles. The molecule has 1 fully saturated rings. The molecule has 0 aliphatic carbocycles. The van der Waals surface area contributed by atoms with Crippen LogP contribution >= 0.6 is 0 Å². The SMILES string of the molecule is COc1ccc(C(=O)NC2CCN(CCc3ccc4c(c3C)COC4=O)CC2)cc1C#N. The Balaban J connectivity index is 1.27. The molecule has 0 saturated carbocycles. The molecule has 0 radical (unpaired) electrons. The molecule has 32 heavy (non-hydrogen) atoms. The lowest BCUT2D eigenvalue weighted by Crippen LogP contribution is -2.45. The van der Waals surface area contributed by atoms with E-state index in [9.17, 15) is 14.9 Å². The zero-order chi connectivity index (χ0) is 22.7. The molecule has 166 valence electrons. The van der Waals surface area contributed by atoms with E-state index in [1.54, 1.807) is 18.2 Å². The summed E-state index contributed by atoms with van der Waals surface area (Å²) in [6, 6.07) is 11.0. The summed E-state index contributed by atoms with van der Waals surface area (Å²) >= 11 is 0. The van der Waals surface area contributed by atoms with Gasteiger partial charge in [-0.1, -0.05) is 6.07 Å². The van der Waals surface area contributed by atoms with Crippen LogP contribution in [-0.2, 0) is 17.8 Å². The van der Waals surface area contributed by atoms with E-state index < -0.39 is 0 Å². The number of fused-ring (bicyclic) bond motifs is 1. The van der Waals surface area contributed by atoms with Crippen molar-refractivity contribution in [1.82, 2.24) is 10.2 Å². The molecule has 0 spiro atoms. The van der Waals surface area contributed by atoms with Gasteiger partial charge in [-0.3, -0.25) is 4.79 Å². The quantitative estimate of drug-likeness (QED) is 0.705. The summed E-state index contributed by atoms with van der Waals surface area (Å²) in [5, 5.41) is 12.3. The van der Waals surface area contributed by atoms with Crippen molar-refractivity contribution in [2.45, 2.75) is 38.8 Å². The number of nitrogens with zero attached hydrogens (tertiary/aromatic N) is 2. The number of piperidine rings is 1. The standard InChI is InChI=1S/C25H27N3O4/c1-16-17(3-5-21-22(16)15-32-25(21)30)7-10-28-11-8-20(9-12-28)27-24(29)18-4-6-23(31-2)19(13-18)14-26/h3-6,13,20H,7-12,15H2,1-2H3,(H,27,29). The second-order valence-electron chi connectivity index (χ2n) is 8.32. The molecule has 1 amide bonds. The van der Waals surface area contributed by atoms with Crippen molar-refractivity contribution in [3.63, 3.8) is 0 Å². The van der Waals surface area contributed by atoms with Gasteiger partial charge in [-0.05, 0) is 61.6 Å². The number of likely N-dealkylation sites (tertiary alicyclic amines) is 1. The van der Waals surface area contributed by atoms with Crippen LogP contribution in [0, 0.1) is 18.3 Å². The molecule has 2 aromatic rings. The Morgan fingerprint density at radius 1 is 1.28 bits per heavy atom. The van der Waals surface area contributed by atoms with E-state index in [1.807, 2.05) is 12.1 Å². The number of rotatable bonds is 6. The van der Waals surface area contributed by atoms with Gasteiger partial charge in [0.2, 0.25) is 0 Å². The second-order valence-corrected chi connectivity index (χ2v) is 8.32. The van der Waals surface area contributed by atoms with E-state index >= 15 is 0 Å². The highest BCUT2D eigenvalue weighted by Crippen LogP contribution is 2.26. The molecule has 7 heteroatoms. The number of nitrogens with one attached hydrogen (secondary N) is 1. The average Bonchev–Trinajstić information content (AvgIpc) is 3.20. The number of cyclic esters (lactones) is 1. The van der Waals surface area contributed by atoms with Crippen LogP contribution in [-0.4, -0.2) is 49.6 Å². The largest absolute Gasteiger partial charge is 0.495 e. The Morgan fingerprint density at radius 3 is 2.78 bits per heavy atom. The predicted octanol–water partition coefficient (Wildman–Crippen LogP) is 2.98. The average molecular weight is 434 g/mol. The number of hydrogen-bond acceptors (Lipinski definition) is 6. The fourth-order valence-electron chi connectivity index (χ4n) is 4.45. The molecule has 1 N–H and O–H groups in total. The maximum atomic E-state index is 12.6. The lowest BCUT2D eigenvalue weighted by Gasteiger charge is -2.32. The van der Waals surface area contributed by atoms with Crippen LogP contribution in [0.15, 0.2) is 30.3 Å². The number of nitriles is 1. The molecule has 0 unspecified atom stereocenters. The first kappa shape index (κ1) is 21.8. The highest BCUT2D eigenvalue weighted by atomic mass is 16.5. The van der Waals surface area contributed by atoms with Crippen molar-refractivity contribution in [2.75, 3.05) is 26.7 Å². The van der Waals surface area contributed by atoms with Gasteiger partial charge in [0.15, 0.2) is 0 Å². The second kappa shape index (κ2) is 9.41. The molecule has 2 heterocycles. The minimum Gasteiger partial charge on any atom is -0.495 e. The summed E-state index contributed by atoms with van der Waals surface area (Å²) in [4.78, 5) is 26.7. The van der Waals surface area contributed by atoms with Crippen molar-refractivity contribution < 1.29 is 19.1 Å². The Labute approximate surface area is 187 Å². The number of ether oxygens (including phenoxy) is 2. The number of methoxy groups -OCH3 is 1. The number of amides is 1. The third-order valence-corrected chi connectivity index (χ3v) is 6.48. The van der Waals surface area contributed by atoms with Gasteiger partial charge in [0, 0.05) is 36.8 Å². The van der Waals surface area contributed by atoms with Crippen molar-refractivity contribution in [3.8, 4) is 11.8 Å². The summed E-state index contributed by atoms with van der Waals surface area (Å²) in [5.41, 5.74) is 4.96. The molecule has 0 bridgehead atoms. The molecule has 7 nitrogen and oxygen atoms in total. The maximum Gasteiger partial charge on any atom is 0.338 e. The summed E-state index contributed by atoms with van der Waals surface area (Å²) in [5.74, 6) is 0.0838. The first-order valence-electron chi connectivity index (χ1n) is 10.9. The third-order valence-electron chi connectivity index (χ3n) is 6.48. The summed E-state index contributed by atoms with van der Waals surface area (Å²) in [6.07, 6.45) is 2.70. The Morgan fingerprint density at radius 2 is 2.06 bits per heavy atom. The Hall–Kier alpha value is -3.37. The molecule has 0 atom stereocenters. The summed E-state index contributed by atoms with van der Waals surface area (Å²) in [6.45, 7) is 5.22. The number of carbonyl (C=O) groups is 2. The zero-order valence-corrected chi connectivity index (χ0v) is 18.4. The van der Waals surface area contributed by atoms with Gasteiger partial charge < -0.3 is 19.7 Å². The number of esters is 1. The van der Waals surface area contributed by atoms with E-state index in [0.717, 1.165) is 50.0 Å². The van der Waals surface area contributed by atoms with E-state index in [2.05, 4.69) is 23.2 Å². The lowest BCUT2D eigenvalue weighted by atomic mass is 9.96. The van der Waals surface area contributed by atoms with Gasteiger partial charge >= 0.3 is 5.97 Å². The highest BCUT2D eigenvalue weighted by molar-refractivity contribution is 5.95. The molecule has 2 aromatic carbocycles. The van der Waals surface area contributed by atoms with Gasteiger partial charge in [-0.2, -0.15) is 5.26 Å². The van der Waals surface area contributed by atoms with Crippen LogP contribution < -0.4 is 10.1 Å². The van der Waals surface area contributed by atoms with Crippen LogP contribution in [0.5, 0.6) is 5.75 Å². The molecule has 4 rings (SSSR count). The van der Waals surface area contributed by atoms with Crippen LogP contribution in [0.1, 0.15) is 55.8 Å². The van der Waals surface area contributed by atoms with Crippen LogP contribution in [0.2, 0.25) is 0 Å². The van der Waals surface area contributed by atoms with Gasteiger partial charge in [0.25, 0.3) is 5.91 Å². The van der Waals surface area contributed by atoms with Crippen molar-refractivity contribution in [3.05, 3.63) is 63.7 Å². The Bertz CT molecular complexity index is 1080. The van der Waals surface area contributed by atoms with E-state index in [4.69, 9.17) is 9.47 Å². The Kier molecular flexibility index (Phi) is 6.42. The molecule has 2 aliphatic rings. The van der Waals surface area contributed by atoms with Crippen LogP contribution in [0.25, 0.3) is 0 Å². The van der Waals surface area contributed by atoms with E-state index in [1.165, 1.54) is 12.7 Å². The highest BCUT2D eigenvalue weighted by Gasteiger charge is 2.25. The van der Waals surface area contributed by atoms with Gasteiger partial charge in [-0.25, -0.2) is 4.79 Å². The van der Waals surface area contributed by atoms with Gasteiger partial charge in [0.05, 0.1) is 18.2 Å². The molecule has 0 aromatic heterocycles. The lowest BCUT2D eigenvalue weighted by molar-refractivity contribution is 0.0534. The van der Waals surface area contributed by atoms with Crippen LogP contribution in [0.4, 0.5) is 0 Å². The van der Waals surface area contributed by atoms with Gasteiger partial charge in [-0.15, -0.1) is 0 Å². The maximum absolute atomic E-state index is 12.6. The first-order valence-corrected chi connectivity index (χ1v) is 10.9. The minimum atomic E-state index is -0.225. The fraction of sp³-hybridized carbons (Fsp3) is 0.400. The normalized spacial score (nSPS) is 16.2. The summed E-state index contributed by atoms with van der Waals surface area (Å²) < 4.78 is 10.3. The minimum absolute atomic E-state index is 0.122. The molecule has 2 aliphatic heterocycles. The smallest absolute Gasteiger partial charge is 0.338 e. The van der Waals surface area contributed by atoms with Gasteiger partial charge in [0.1, 0.15) is 18.4 Å². The van der Waals surface area contributed by atoms with Crippen molar-refractivity contribution >= 4 is 11.9 Å². The molecular weight excluding hydrogens is 406 g/mol. The van der Waals surface area contributed by atoms with Crippen molar-refractivity contribution in [1.29, 1.82) is 5.26 Å².